The lowest BCUT2D eigenvalue weighted by Gasteiger charge is -2.12. The zero-order valence-electron chi connectivity index (χ0n) is 14.4. The summed E-state index contributed by atoms with van der Waals surface area (Å²) in [7, 11) is 1.55. The van der Waals surface area contributed by atoms with Gasteiger partial charge >= 0.3 is 0 Å². The van der Waals surface area contributed by atoms with E-state index in [-0.39, 0.29) is 11.6 Å². The molecule has 25 heavy (non-hydrogen) atoms. The SMILES string of the molecule is CCOCc1cc(C(=O)Nc2cc([N+](=O)[O-])ccc2C)ccc1OC. The number of methoxy groups -OCH3 is 1. The molecule has 2 aromatic carbocycles. The van der Waals surface area contributed by atoms with Gasteiger partial charge in [0, 0.05) is 29.9 Å². The highest BCUT2D eigenvalue weighted by Gasteiger charge is 2.14. The summed E-state index contributed by atoms with van der Waals surface area (Å²) in [5.74, 6) is 0.278. The quantitative estimate of drug-likeness (QED) is 0.611. The van der Waals surface area contributed by atoms with Crippen molar-refractivity contribution in [1.29, 1.82) is 0 Å². The first-order valence-corrected chi connectivity index (χ1v) is 7.77. The van der Waals surface area contributed by atoms with Crippen molar-refractivity contribution in [3.05, 3.63) is 63.2 Å². The van der Waals surface area contributed by atoms with Gasteiger partial charge in [-0.2, -0.15) is 0 Å². The average Bonchev–Trinajstić information content (AvgIpc) is 2.61. The van der Waals surface area contributed by atoms with Crippen LogP contribution in [-0.2, 0) is 11.3 Å². The number of nitrogens with zero attached hydrogens (tertiary/aromatic N) is 1. The van der Waals surface area contributed by atoms with Crippen molar-refractivity contribution in [2.45, 2.75) is 20.5 Å². The number of hydrogen-bond acceptors (Lipinski definition) is 5. The van der Waals surface area contributed by atoms with Crippen molar-refractivity contribution in [2.75, 3.05) is 19.0 Å². The zero-order chi connectivity index (χ0) is 18.4. The molecule has 0 fully saturated rings. The number of hydrogen-bond donors (Lipinski definition) is 1. The van der Waals surface area contributed by atoms with Crippen LogP contribution in [0.4, 0.5) is 11.4 Å². The van der Waals surface area contributed by atoms with E-state index in [0.29, 0.717) is 30.2 Å². The molecular formula is C18H20N2O5. The Kier molecular flexibility index (Phi) is 6.08. The van der Waals surface area contributed by atoms with Crippen molar-refractivity contribution in [2.24, 2.45) is 0 Å². The largest absolute Gasteiger partial charge is 0.496 e. The number of nitrogens with one attached hydrogen (secondary N) is 1. The summed E-state index contributed by atoms with van der Waals surface area (Å²) in [4.78, 5) is 22.9. The maximum Gasteiger partial charge on any atom is 0.271 e. The number of non-ortho nitro benzene ring substituents is 1. The van der Waals surface area contributed by atoms with Gasteiger partial charge in [0.2, 0.25) is 0 Å². The molecule has 0 heterocycles. The van der Waals surface area contributed by atoms with Crippen LogP contribution in [0, 0.1) is 17.0 Å². The van der Waals surface area contributed by atoms with Gasteiger partial charge in [-0.3, -0.25) is 14.9 Å². The van der Waals surface area contributed by atoms with E-state index in [1.54, 1.807) is 38.3 Å². The number of rotatable bonds is 7. The Morgan fingerprint density at radius 3 is 2.64 bits per heavy atom. The van der Waals surface area contributed by atoms with E-state index < -0.39 is 4.92 Å². The predicted molar refractivity (Wildman–Crippen MR) is 94.1 cm³/mol. The number of aryl methyl sites for hydroxylation is 1. The summed E-state index contributed by atoms with van der Waals surface area (Å²) in [6.45, 7) is 4.53. The van der Waals surface area contributed by atoms with Crippen LogP contribution in [0.15, 0.2) is 36.4 Å². The highest BCUT2D eigenvalue weighted by Crippen LogP contribution is 2.24. The molecule has 0 atom stereocenters. The normalized spacial score (nSPS) is 10.4. The Morgan fingerprint density at radius 1 is 1.24 bits per heavy atom. The summed E-state index contributed by atoms with van der Waals surface area (Å²) >= 11 is 0. The van der Waals surface area contributed by atoms with Gasteiger partial charge < -0.3 is 14.8 Å². The van der Waals surface area contributed by atoms with Gasteiger partial charge in [-0.15, -0.1) is 0 Å². The van der Waals surface area contributed by atoms with Gasteiger partial charge in [0.25, 0.3) is 11.6 Å². The minimum atomic E-state index is -0.497. The Bertz CT molecular complexity index is 789. The highest BCUT2D eigenvalue weighted by atomic mass is 16.6. The number of nitro groups is 1. The van der Waals surface area contributed by atoms with Crippen LogP contribution in [0.5, 0.6) is 5.75 Å². The number of amides is 1. The van der Waals surface area contributed by atoms with Gasteiger partial charge in [-0.25, -0.2) is 0 Å². The van der Waals surface area contributed by atoms with E-state index in [1.165, 1.54) is 12.1 Å². The summed E-state index contributed by atoms with van der Waals surface area (Å²) in [6.07, 6.45) is 0. The second kappa shape index (κ2) is 8.25. The maximum atomic E-state index is 12.5. The lowest BCUT2D eigenvalue weighted by molar-refractivity contribution is -0.384. The Morgan fingerprint density at radius 2 is 2.00 bits per heavy atom. The lowest BCUT2D eigenvalue weighted by atomic mass is 10.1. The van der Waals surface area contributed by atoms with E-state index in [2.05, 4.69) is 5.32 Å². The van der Waals surface area contributed by atoms with Crippen LogP contribution in [-0.4, -0.2) is 24.5 Å². The number of ether oxygens (including phenoxy) is 2. The summed E-state index contributed by atoms with van der Waals surface area (Å²) in [6, 6.07) is 9.37. The number of nitro benzene ring substituents is 1. The minimum absolute atomic E-state index is 0.0762. The van der Waals surface area contributed by atoms with Gasteiger partial charge in [-0.1, -0.05) is 6.07 Å². The molecule has 132 valence electrons. The molecule has 1 amide bonds. The monoisotopic (exact) mass is 344 g/mol. The van der Waals surface area contributed by atoms with Crippen molar-refractivity contribution >= 4 is 17.3 Å². The van der Waals surface area contributed by atoms with Crippen LogP contribution in [0.2, 0.25) is 0 Å². The molecule has 0 radical (unpaired) electrons. The second-order valence-electron chi connectivity index (χ2n) is 5.37. The first kappa shape index (κ1) is 18.4. The third-order valence-electron chi connectivity index (χ3n) is 3.68. The third kappa shape index (κ3) is 4.54. The van der Waals surface area contributed by atoms with E-state index in [9.17, 15) is 14.9 Å². The van der Waals surface area contributed by atoms with Crippen molar-refractivity contribution in [3.8, 4) is 5.75 Å². The topological polar surface area (TPSA) is 90.7 Å². The molecule has 2 rings (SSSR count). The van der Waals surface area contributed by atoms with Gasteiger partial charge in [-0.05, 0) is 37.6 Å². The molecule has 2 aromatic rings. The number of benzene rings is 2. The molecule has 7 nitrogen and oxygen atoms in total. The molecule has 7 heteroatoms. The Balaban J connectivity index is 2.26. The fraction of sp³-hybridized carbons (Fsp3) is 0.278. The van der Waals surface area contributed by atoms with Crippen LogP contribution in [0.25, 0.3) is 0 Å². The molecule has 0 aliphatic heterocycles. The van der Waals surface area contributed by atoms with Crippen LogP contribution < -0.4 is 10.1 Å². The van der Waals surface area contributed by atoms with E-state index in [0.717, 1.165) is 11.1 Å². The summed E-state index contributed by atoms with van der Waals surface area (Å²) in [5.41, 5.74) is 2.24. The molecule has 0 aromatic heterocycles. The summed E-state index contributed by atoms with van der Waals surface area (Å²) in [5, 5.41) is 13.6. The number of carbonyl (C=O) groups excluding carboxylic acids is 1. The molecule has 0 aliphatic carbocycles. The van der Waals surface area contributed by atoms with E-state index >= 15 is 0 Å². The van der Waals surface area contributed by atoms with Crippen LogP contribution in [0.1, 0.15) is 28.4 Å². The fourth-order valence-electron chi connectivity index (χ4n) is 2.30. The number of anilines is 1. The van der Waals surface area contributed by atoms with Crippen LogP contribution >= 0.6 is 0 Å². The number of carbonyl (C=O) groups is 1. The molecule has 0 saturated carbocycles. The lowest BCUT2D eigenvalue weighted by Crippen LogP contribution is -2.13. The minimum Gasteiger partial charge on any atom is -0.496 e. The zero-order valence-corrected chi connectivity index (χ0v) is 14.4. The van der Waals surface area contributed by atoms with Crippen molar-refractivity contribution in [1.82, 2.24) is 0 Å². The Labute approximate surface area is 145 Å². The standard InChI is InChI=1S/C18H20N2O5/c1-4-25-11-14-9-13(6-8-17(14)24-3)18(21)19-16-10-15(20(22)23)7-5-12(16)2/h5-10H,4,11H2,1-3H3,(H,19,21). The van der Waals surface area contributed by atoms with E-state index in [1.807, 2.05) is 6.92 Å². The Hall–Kier alpha value is -2.93. The van der Waals surface area contributed by atoms with Gasteiger partial charge in [0.15, 0.2) is 0 Å². The van der Waals surface area contributed by atoms with E-state index in [4.69, 9.17) is 9.47 Å². The first-order chi connectivity index (χ1) is 12.0. The van der Waals surface area contributed by atoms with Crippen molar-refractivity contribution < 1.29 is 19.2 Å². The maximum absolute atomic E-state index is 12.5. The molecule has 0 bridgehead atoms. The van der Waals surface area contributed by atoms with Gasteiger partial charge in [0.05, 0.1) is 24.3 Å². The fourth-order valence-corrected chi connectivity index (χ4v) is 2.30. The first-order valence-electron chi connectivity index (χ1n) is 7.77. The molecule has 1 N–H and O–H groups in total. The summed E-state index contributed by atoms with van der Waals surface area (Å²) < 4.78 is 10.7. The average molecular weight is 344 g/mol. The molecular weight excluding hydrogens is 324 g/mol. The van der Waals surface area contributed by atoms with Crippen LogP contribution in [0.3, 0.4) is 0 Å². The molecule has 0 aliphatic rings. The third-order valence-corrected chi connectivity index (χ3v) is 3.68. The molecule has 0 unspecified atom stereocenters. The van der Waals surface area contributed by atoms with Gasteiger partial charge in [0.1, 0.15) is 5.75 Å². The van der Waals surface area contributed by atoms with Crippen molar-refractivity contribution in [3.63, 3.8) is 0 Å². The molecule has 0 spiro atoms. The predicted octanol–water partition coefficient (Wildman–Crippen LogP) is 3.70. The highest BCUT2D eigenvalue weighted by molar-refractivity contribution is 6.05. The smallest absolute Gasteiger partial charge is 0.271 e. The second-order valence-corrected chi connectivity index (χ2v) is 5.37. The molecule has 0 saturated heterocycles.